The zero-order chi connectivity index (χ0) is 12.3. The van der Waals surface area contributed by atoms with Gasteiger partial charge in [0.15, 0.2) is 0 Å². The van der Waals surface area contributed by atoms with Crippen LogP contribution in [0.4, 0.5) is 0 Å². The quantitative estimate of drug-likeness (QED) is 0.840. The van der Waals surface area contributed by atoms with E-state index in [1.165, 1.54) is 5.56 Å². The van der Waals surface area contributed by atoms with Crippen molar-refractivity contribution in [2.45, 2.75) is 38.7 Å². The monoisotopic (exact) mass is 233 g/mol. The Balaban J connectivity index is 2.17. The SMILES string of the molecule is CCc1ccc(C(C)(O)C2CCCNC2)cc1. The average Bonchev–Trinajstić information content (AvgIpc) is 2.40. The molecule has 1 heterocycles. The number of nitrogens with one attached hydrogen (secondary N) is 1. The Kier molecular flexibility index (Phi) is 3.85. The fourth-order valence-corrected chi connectivity index (χ4v) is 2.65. The summed E-state index contributed by atoms with van der Waals surface area (Å²) < 4.78 is 0. The summed E-state index contributed by atoms with van der Waals surface area (Å²) in [7, 11) is 0. The third-order valence-electron chi connectivity index (χ3n) is 4.04. The van der Waals surface area contributed by atoms with Gasteiger partial charge in [0.2, 0.25) is 0 Å². The van der Waals surface area contributed by atoms with Gasteiger partial charge in [-0.15, -0.1) is 0 Å². The Bertz CT molecular complexity index is 350. The van der Waals surface area contributed by atoms with Crippen LogP contribution in [0.1, 0.15) is 37.8 Å². The summed E-state index contributed by atoms with van der Waals surface area (Å²) in [5.74, 6) is 0.323. The van der Waals surface area contributed by atoms with E-state index in [0.29, 0.717) is 5.92 Å². The smallest absolute Gasteiger partial charge is 0.0908 e. The maximum Gasteiger partial charge on any atom is 0.0908 e. The van der Waals surface area contributed by atoms with E-state index in [9.17, 15) is 5.11 Å². The summed E-state index contributed by atoms with van der Waals surface area (Å²) in [6.45, 7) is 6.10. The number of aliphatic hydroxyl groups is 1. The Morgan fingerprint density at radius 1 is 1.35 bits per heavy atom. The van der Waals surface area contributed by atoms with Crippen LogP contribution in [-0.2, 0) is 12.0 Å². The van der Waals surface area contributed by atoms with Crippen molar-refractivity contribution in [1.29, 1.82) is 0 Å². The molecule has 2 nitrogen and oxygen atoms in total. The highest BCUT2D eigenvalue weighted by Crippen LogP contribution is 2.33. The molecule has 1 aromatic carbocycles. The van der Waals surface area contributed by atoms with Gasteiger partial charge < -0.3 is 10.4 Å². The molecule has 2 unspecified atom stereocenters. The zero-order valence-electron chi connectivity index (χ0n) is 10.9. The Labute approximate surface area is 104 Å². The lowest BCUT2D eigenvalue weighted by molar-refractivity contribution is -0.0156. The maximum atomic E-state index is 10.7. The van der Waals surface area contributed by atoms with Crippen LogP contribution in [0.15, 0.2) is 24.3 Å². The molecule has 0 spiro atoms. The van der Waals surface area contributed by atoms with Crippen molar-refractivity contribution < 1.29 is 5.11 Å². The Morgan fingerprint density at radius 2 is 2.06 bits per heavy atom. The van der Waals surface area contributed by atoms with Crippen LogP contribution >= 0.6 is 0 Å². The van der Waals surface area contributed by atoms with Gasteiger partial charge in [-0.25, -0.2) is 0 Å². The summed E-state index contributed by atoms with van der Waals surface area (Å²) in [5.41, 5.74) is 1.66. The molecule has 1 aromatic rings. The molecule has 0 bridgehead atoms. The first-order valence-electron chi connectivity index (χ1n) is 6.67. The highest BCUT2D eigenvalue weighted by atomic mass is 16.3. The minimum absolute atomic E-state index is 0.323. The number of benzene rings is 1. The fraction of sp³-hybridized carbons (Fsp3) is 0.600. The molecule has 2 atom stereocenters. The summed E-state index contributed by atoms with van der Waals surface area (Å²) >= 11 is 0. The Morgan fingerprint density at radius 3 is 2.59 bits per heavy atom. The number of hydrogen-bond donors (Lipinski definition) is 2. The lowest BCUT2D eigenvalue weighted by Crippen LogP contribution is -2.42. The van der Waals surface area contributed by atoms with E-state index in [1.807, 2.05) is 6.92 Å². The van der Waals surface area contributed by atoms with E-state index in [2.05, 4.69) is 36.5 Å². The number of hydrogen-bond acceptors (Lipinski definition) is 2. The molecule has 2 N–H and O–H groups in total. The Hall–Kier alpha value is -0.860. The number of rotatable bonds is 3. The zero-order valence-corrected chi connectivity index (χ0v) is 10.9. The molecular formula is C15H23NO. The standard InChI is InChI=1S/C15H23NO/c1-3-12-6-8-13(9-7-12)15(2,17)14-5-4-10-16-11-14/h6-9,14,16-17H,3-5,10-11H2,1-2H3. The molecule has 0 amide bonds. The second kappa shape index (κ2) is 5.19. The van der Waals surface area contributed by atoms with Crippen molar-refractivity contribution in [2.75, 3.05) is 13.1 Å². The molecule has 1 fully saturated rings. The van der Waals surface area contributed by atoms with Crippen molar-refractivity contribution in [1.82, 2.24) is 5.32 Å². The maximum absolute atomic E-state index is 10.7. The lowest BCUT2D eigenvalue weighted by Gasteiger charge is -2.36. The van der Waals surface area contributed by atoms with E-state index >= 15 is 0 Å². The van der Waals surface area contributed by atoms with E-state index in [1.54, 1.807) is 0 Å². The van der Waals surface area contributed by atoms with Crippen LogP contribution in [0.25, 0.3) is 0 Å². The van der Waals surface area contributed by atoms with Gasteiger partial charge >= 0.3 is 0 Å². The van der Waals surface area contributed by atoms with Gasteiger partial charge in [0.25, 0.3) is 0 Å². The van der Waals surface area contributed by atoms with Crippen LogP contribution in [-0.4, -0.2) is 18.2 Å². The molecule has 0 saturated carbocycles. The second-order valence-corrected chi connectivity index (χ2v) is 5.24. The minimum Gasteiger partial charge on any atom is -0.385 e. The van der Waals surface area contributed by atoms with Gasteiger partial charge in [-0.3, -0.25) is 0 Å². The molecule has 94 valence electrons. The average molecular weight is 233 g/mol. The molecular weight excluding hydrogens is 210 g/mol. The van der Waals surface area contributed by atoms with Gasteiger partial charge in [0.05, 0.1) is 5.60 Å². The third-order valence-corrected chi connectivity index (χ3v) is 4.04. The highest BCUT2D eigenvalue weighted by Gasteiger charge is 2.34. The molecule has 0 radical (unpaired) electrons. The van der Waals surface area contributed by atoms with Crippen molar-refractivity contribution in [3.8, 4) is 0 Å². The fourth-order valence-electron chi connectivity index (χ4n) is 2.65. The van der Waals surface area contributed by atoms with Crippen molar-refractivity contribution in [3.63, 3.8) is 0 Å². The summed E-state index contributed by atoms with van der Waals surface area (Å²) in [6.07, 6.45) is 3.32. The lowest BCUT2D eigenvalue weighted by atomic mass is 9.78. The molecule has 0 aliphatic carbocycles. The topological polar surface area (TPSA) is 32.3 Å². The number of aryl methyl sites for hydroxylation is 1. The van der Waals surface area contributed by atoms with Crippen LogP contribution < -0.4 is 5.32 Å². The van der Waals surface area contributed by atoms with Gasteiger partial charge in [0, 0.05) is 12.5 Å². The third kappa shape index (κ3) is 2.70. The molecule has 1 aliphatic rings. The summed E-state index contributed by atoms with van der Waals surface area (Å²) in [4.78, 5) is 0. The van der Waals surface area contributed by atoms with Gasteiger partial charge in [0.1, 0.15) is 0 Å². The second-order valence-electron chi connectivity index (χ2n) is 5.24. The first kappa shape index (κ1) is 12.6. The van der Waals surface area contributed by atoms with Crippen molar-refractivity contribution >= 4 is 0 Å². The van der Waals surface area contributed by atoms with E-state index in [0.717, 1.165) is 37.9 Å². The van der Waals surface area contributed by atoms with Crippen LogP contribution in [0.2, 0.25) is 0 Å². The molecule has 1 aliphatic heterocycles. The van der Waals surface area contributed by atoms with Gasteiger partial charge in [-0.2, -0.15) is 0 Å². The van der Waals surface area contributed by atoms with Crippen LogP contribution in [0, 0.1) is 5.92 Å². The molecule has 17 heavy (non-hydrogen) atoms. The van der Waals surface area contributed by atoms with Gasteiger partial charge in [-0.1, -0.05) is 31.2 Å². The van der Waals surface area contributed by atoms with E-state index < -0.39 is 5.60 Å². The molecule has 1 saturated heterocycles. The van der Waals surface area contributed by atoms with Crippen LogP contribution in [0.3, 0.4) is 0 Å². The minimum atomic E-state index is -0.709. The van der Waals surface area contributed by atoms with Crippen LogP contribution in [0.5, 0.6) is 0 Å². The van der Waals surface area contributed by atoms with Gasteiger partial charge in [-0.05, 0) is 43.9 Å². The molecule has 2 heteroatoms. The predicted octanol–water partition coefficient (Wildman–Crippen LogP) is 2.46. The van der Waals surface area contributed by atoms with E-state index in [4.69, 9.17) is 0 Å². The van der Waals surface area contributed by atoms with E-state index in [-0.39, 0.29) is 0 Å². The largest absolute Gasteiger partial charge is 0.385 e. The highest BCUT2D eigenvalue weighted by molar-refractivity contribution is 5.27. The predicted molar refractivity (Wildman–Crippen MR) is 71.0 cm³/mol. The van der Waals surface area contributed by atoms with Crippen molar-refractivity contribution in [3.05, 3.63) is 35.4 Å². The van der Waals surface area contributed by atoms with Crippen molar-refractivity contribution in [2.24, 2.45) is 5.92 Å². The molecule has 2 rings (SSSR count). The normalized spacial score (nSPS) is 24.3. The molecule has 0 aromatic heterocycles. The first-order valence-corrected chi connectivity index (χ1v) is 6.67. The number of piperidine rings is 1. The summed E-state index contributed by atoms with van der Waals surface area (Å²) in [6, 6.07) is 8.40. The first-order chi connectivity index (χ1) is 8.14. The summed E-state index contributed by atoms with van der Waals surface area (Å²) in [5, 5.41) is 14.1.